The zero-order valence-electron chi connectivity index (χ0n) is 7.52. The quantitative estimate of drug-likeness (QED) is 0.702. The topological polar surface area (TPSA) is 80.8 Å². The van der Waals surface area contributed by atoms with E-state index >= 15 is 0 Å². The largest absolute Gasteiger partial charge is 0.461 e. The predicted molar refractivity (Wildman–Crippen MR) is 47.6 cm³/mol. The molecule has 0 amide bonds. The molecule has 0 unspecified atom stereocenters. The van der Waals surface area contributed by atoms with Crippen LogP contribution in [0.4, 0.5) is 0 Å². The Morgan fingerprint density at radius 3 is 3.07 bits per heavy atom. The van der Waals surface area contributed by atoms with Crippen LogP contribution in [-0.2, 0) is 4.74 Å². The average molecular weight is 192 g/mol. The fourth-order valence-electron chi connectivity index (χ4n) is 1.06. The van der Waals surface area contributed by atoms with Gasteiger partial charge in [0.2, 0.25) is 0 Å². The number of pyridine rings is 1. The summed E-state index contributed by atoms with van der Waals surface area (Å²) in [5.74, 6) is -0.447. The summed E-state index contributed by atoms with van der Waals surface area (Å²) in [5.41, 5.74) is 1.47. The summed E-state index contributed by atoms with van der Waals surface area (Å²) in [4.78, 5) is 15.2. The van der Waals surface area contributed by atoms with Crippen LogP contribution in [0.25, 0.3) is 11.0 Å². The van der Waals surface area contributed by atoms with Gasteiger partial charge in [0.15, 0.2) is 5.69 Å². The number of aromatic amines is 1. The van der Waals surface area contributed by atoms with Crippen molar-refractivity contribution >= 4 is 17.0 Å². The lowest BCUT2D eigenvalue weighted by Gasteiger charge is -1.98. The fourth-order valence-corrected chi connectivity index (χ4v) is 1.06. The summed E-state index contributed by atoms with van der Waals surface area (Å²) in [7, 11) is 0. The number of hydrogen-bond acceptors (Lipinski definition) is 5. The van der Waals surface area contributed by atoms with Gasteiger partial charge in [0.25, 0.3) is 0 Å². The highest BCUT2D eigenvalue weighted by molar-refractivity contribution is 5.90. The molecule has 6 heteroatoms. The van der Waals surface area contributed by atoms with E-state index in [2.05, 4.69) is 20.4 Å². The molecule has 0 saturated carbocycles. The highest BCUT2D eigenvalue weighted by Crippen LogP contribution is 2.08. The number of rotatable bonds is 2. The molecule has 0 radical (unpaired) electrons. The Labute approximate surface area is 79.3 Å². The summed E-state index contributed by atoms with van der Waals surface area (Å²) in [6.45, 7) is 2.07. The van der Waals surface area contributed by atoms with Gasteiger partial charge < -0.3 is 4.74 Å². The van der Waals surface area contributed by atoms with Gasteiger partial charge in [-0.1, -0.05) is 0 Å². The van der Waals surface area contributed by atoms with Crippen molar-refractivity contribution in [3.05, 3.63) is 18.0 Å². The molecule has 14 heavy (non-hydrogen) atoms. The smallest absolute Gasteiger partial charge is 0.356 e. The highest BCUT2D eigenvalue weighted by atomic mass is 16.5. The number of esters is 1. The molecule has 0 aliphatic heterocycles. The van der Waals surface area contributed by atoms with E-state index < -0.39 is 5.97 Å². The monoisotopic (exact) mass is 192 g/mol. The third kappa shape index (κ3) is 1.41. The normalized spacial score (nSPS) is 10.4. The van der Waals surface area contributed by atoms with Crippen molar-refractivity contribution in [3.63, 3.8) is 0 Å². The van der Waals surface area contributed by atoms with E-state index in [0.717, 1.165) is 0 Å². The average Bonchev–Trinajstić information content (AvgIpc) is 2.64. The van der Waals surface area contributed by atoms with E-state index in [1.165, 1.54) is 12.3 Å². The Balaban J connectivity index is 2.38. The molecule has 72 valence electrons. The van der Waals surface area contributed by atoms with Crippen molar-refractivity contribution < 1.29 is 9.53 Å². The molecule has 0 aromatic carbocycles. The molecule has 2 rings (SSSR count). The molecule has 0 atom stereocenters. The van der Waals surface area contributed by atoms with Gasteiger partial charge in [-0.25, -0.2) is 9.78 Å². The van der Waals surface area contributed by atoms with Crippen LogP contribution < -0.4 is 0 Å². The molecule has 0 saturated heterocycles. The number of aromatic nitrogens is 4. The minimum absolute atomic E-state index is 0.244. The number of carbonyl (C=O) groups excluding carboxylic acids is 1. The zero-order valence-corrected chi connectivity index (χ0v) is 7.52. The van der Waals surface area contributed by atoms with Gasteiger partial charge in [-0.2, -0.15) is 15.4 Å². The lowest BCUT2D eigenvalue weighted by Crippen LogP contribution is -2.06. The number of hydrogen-bond donors (Lipinski definition) is 1. The Bertz CT molecular complexity index is 465. The van der Waals surface area contributed by atoms with Crippen LogP contribution in [0.3, 0.4) is 0 Å². The molecule has 0 fully saturated rings. The highest BCUT2D eigenvalue weighted by Gasteiger charge is 2.09. The van der Waals surface area contributed by atoms with E-state index in [1.54, 1.807) is 6.92 Å². The molecule has 0 bridgehead atoms. The van der Waals surface area contributed by atoms with Crippen molar-refractivity contribution in [3.8, 4) is 0 Å². The number of fused-ring (bicyclic) bond motifs is 1. The van der Waals surface area contributed by atoms with Gasteiger partial charge in [-0.3, -0.25) is 0 Å². The maximum absolute atomic E-state index is 11.3. The molecule has 1 N–H and O–H groups in total. The number of nitrogens with zero attached hydrogens (tertiary/aromatic N) is 3. The standard InChI is InChI=1S/C8H8N4O2/c1-2-14-8(13)6-3-5-7(4-9-6)11-12-10-5/h3-4H,2H2,1H3,(H,10,11,12). The molecule has 2 heterocycles. The second kappa shape index (κ2) is 3.41. The molecule has 2 aromatic rings. The Morgan fingerprint density at radius 1 is 1.50 bits per heavy atom. The fraction of sp³-hybridized carbons (Fsp3) is 0.250. The van der Waals surface area contributed by atoms with Gasteiger partial charge in [-0.05, 0) is 6.92 Å². The van der Waals surface area contributed by atoms with Crippen LogP contribution in [0.2, 0.25) is 0 Å². The van der Waals surface area contributed by atoms with Gasteiger partial charge in [0.05, 0.1) is 12.8 Å². The van der Waals surface area contributed by atoms with Crippen molar-refractivity contribution in [2.45, 2.75) is 6.92 Å². The van der Waals surface area contributed by atoms with Crippen molar-refractivity contribution in [1.82, 2.24) is 20.4 Å². The number of carbonyl (C=O) groups is 1. The first kappa shape index (κ1) is 8.61. The van der Waals surface area contributed by atoms with Crippen LogP contribution in [0, 0.1) is 0 Å². The first-order chi connectivity index (χ1) is 6.81. The summed E-state index contributed by atoms with van der Waals surface area (Å²) in [6.07, 6.45) is 1.48. The Hall–Kier alpha value is -1.98. The van der Waals surface area contributed by atoms with E-state index in [9.17, 15) is 4.79 Å². The van der Waals surface area contributed by atoms with Gasteiger partial charge in [0, 0.05) is 6.07 Å². The Morgan fingerprint density at radius 2 is 2.29 bits per heavy atom. The maximum Gasteiger partial charge on any atom is 0.356 e. The molecule has 0 aliphatic rings. The van der Waals surface area contributed by atoms with Crippen LogP contribution >= 0.6 is 0 Å². The summed E-state index contributed by atoms with van der Waals surface area (Å²) >= 11 is 0. The van der Waals surface area contributed by atoms with Gasteiger partial charge in [0.1, 0.15) is 11.0 Å². The number of nitrogens with one attached hydrogen (secondary N) is 1. The summed E-state index contributed by atoms with van der Waals surface area (Å²) < 4.78 is 4.79. The van der Waals surface area contributed by atoms with Gasteiger partial charge >= 0.3 is 5.97 Å². The third-order valence-corrected chi connectivity index (χ3v) is 1.69. The Kier molecular flexibility index (Phi) is 2.10. The molecule has 6 nitrogen and oxygen atoms in total. The van der Waals surface area contributed by atoms with E-state index in [1.807, 2.05) is 0 Å². The van der Waals surface area contributed by atoms with E-state index in [4.69, 9.17) is 4.74 Å². The zero-order chi connectivity index (χ0) is 9.97. The second-order valence-electron chi connectivity index (χ2n) is 2.60. The van der Waals surface area contributed by atoms with Gasteiger partial charge in [-0.15, -0.1) is 0 Å². The first-order valence-corrected chi connectivity index (χ1v) is 4.15. The molecular weight excluding hydrogens is 184 g/mol. The van der Waals surface area contributed by atoms with Crippen LogP contribution in [0.5, 0.6) is 0 Å². The van der Waals surface area contributed by atoms with Crippen LogP contribution in [0.15, 0.2) is 12.3 Å². The summed E-state index contributed by atoms with van der Waals surface area (Å²) in [6, 6.07) is 1.54. The maximum atomic E-state index is 11.3. The minimum Gasteiger partial charge on any atom is -0.461 e. The second-order valence-corrected chi connectivity index (χ2v) is 2.60. The van der Waals surface area contributed by atoms with Crippen molar-refractivity contribution in [1.29, 1.82) is 0 Å². The summed E-state index contributed by atoms with van der Waals surface area (Å²) in [5, 5.41) is 10.1. The molecule has 0 spiro atoms. The van der Waals surface area contributed by atoms with Crippen LogP contribution in [0.1, 0.15) is 17.4 Å². The molecule has 2 aromatic heterocycles. The minimum atomic E-state index is -0.447. The third-order valence-electron chi connectivity index (χ3n) is 1.69. The first-order valence-electron chi connectivity index (χ1n) is 4.15. The van der Waals surface area contributed by atoms with Crippen LogP contribution in [-0.4, -0.2) is 33.0 Å². The lowest BCUT2D eigenvalue weighted by molar-refractivity contribution is 0.0519. The van der Waals surface area contributed by atoms with Crippen molar-refractivity contribution in [2.75, 3.05) is 6.61 Å². The van der Waals surface area contributed by atoms with Crippen molar-refractivity contribution in [2.24, 2.45) is 0 Å². The molecular formula is C8H8N4O2. The number of ether oxygens (including phenoxy) is 1. The SMILES string of the molecule is CCOC(=O)c1cc2n[nH]nc2cn1. The van der Waals surface area contributed by atoms with E-state index in [0.29, 0.717) is 17.6 Å². The predicted octanol–water partition coefficient (Wildman–Crippen LogP) is 0.530. The van der Waals surface area contributed by atoms with E-state index in [-0.39, 0.29) is 5.69 Å². The molecule has 0 aliphatic carbocycles. The number of H-pyrrole nitrogens is 1. The lowest BCUT2D eigenvalue weighted by atomic mass is 10.3.